The molecular weight excluding hydrogens is 460 g/mol. The van der Waals surface area contributed by atoms with Crippen molar-refractivity contribution in [1.29, 1.82) is 0 Å². The van der Waals surface area contributed by atoms with Gasteiger partial charge in [-0.05, 0) is 50.8 Å². The number of amides is 1. The molecule has 202 valence electrons. The summed E-state index contributed by atoms with van der Waals surface area (Å²) < 4.78 is 23.7. The van der Waals surface area contributed by atoms with Gasteiger partial charge in [0.2, 0.25) is 5.91 Å². The van der Waals surface area contributed by atoms with Crippen LogP contribution in [0.15, 0.2) is 11.8 Å². The standard InChI is InChI=1S/C23H42N4O8/c1-13-8-17(29)23(32-12-13)35-22-16(27-18(30)11-28)9-15(25)21(20(22)31)34-19-5-2-4-14(33-19)10-26-7-3-6-24/h4,13,15-17,19-23,26,28-29,31H,2-3,5-12,24-25H2,1H3,(H,27,30)/t13-,15-,16+,17+,19+,20-,21+,22-,23+/m0/s1. The van der Waals surface area contributed by atoms with E-state index in [4.69, 9.17) is 30.4 Å². The van der Waals surface area contributed by atoms with E-state index in [1.807, 2.05) is 13.0 Å². The minimum atomic E-state index is -1.24. The van der Waals surface area contributed by atoms with E-state index >= 15 is 0 Å². The highest BCUT2D eigenvalue weighted by Crippen LogP contribution is 2.31. The maximum Gasteiger partial charge on any atom is 0.246 e. The molecule has 0 bridgehead atoms. The molecule has 0 spiro atoms. The summed E-state index contributed by atoms with van der Waals surface area (Å²) in [5, 5.41) is 36.8. The molecule has 0 aromatic carbocycles. The zero-order chi connectivity index (χ0) is 25.4. The zero-order valence-electron chi connectivity index (χ0n) is 20.4. The maximum atomic E-state index is 11.9. The van der Waals surface area contributed by atoms with E-state index in [2.05, 4.69) is 10.6 Å². The molecule has 12 heteroatoms. The van der Waals surface area contributed by atoms with E-state index in [1.54, 1.807) is 0 Å². The molecule has 1 amide bonds. The van der Waals surface area contributed by atoms with Crippen molar-refractivity contribution >= 4 is 5.91 Å². The first-order valence-corrected chi connectivity index (χ1v) is 12.5. The highest BCUT2D eigenvalue weighted by atomic mass is 16.7. The third-order valence-corrected chi connectivity index (χ3v) is 6.53. The van der Waals surface area contributed by atoms with Gasteiger partial charge in [0, 0.05) is 12.5 Å². The first kappa shape index (κ1) is 28.2. The molecule has 35 heavy (non-hydrogen) atoms. The van der Waals surface area contributed by atoms with Crippen LogP contribution in [0.25, 0.3) is 0 Å². The van der Waals surface area contributed by atoms with Crippen LogP contribution >= 0.6 is 0 Å². The van der Waals surface area contributed by atoms with Gasteiger partial charge in [0.05, 0.1) is 19.2 Å². The Labute approximate surface area is 206 Å². The quantitative estimate of drug-likeness (QED) is 0.155. The van der Waals surface area contributed by atoms with Gasteiger partial charge in [0.1, 0.15) is 36.8 Å². The van der Waals surface area contributed by atoms with Gasteiger partial charge >= 0.3 is 0 Å². The topological polar surface area (TPSA) is 191 Å². The summed E-state index contributed by atoms with van der Waals surface area (Å²) in [4.78, 5) is 11.9. The molecule has 0 radical (unpaired) electrons. The van der Waals surface area contributed by atoms with Gasteiger partial charge < -0.3 is 56.4 Å². The number of allylic oxidation sites excluding steroid dienone is 1. The Morgan fingerprint density at radius 2 is 2.06 bits per heavy atom. The molecule has 9 atom stereocenters. The average molecular weight is 503 g/mol. The smallest absolute Gasteiger partial charge is 0.246 e. The number of hydrogen-bond acceptors (Lipinski definition) is 11. The van der Waals surface area contributed by atoms with Crippen molar-refractivity contribution in [3.63, 3.8) is 0 Å². The Morgan fingerprint density at radius 1 is 1.26 bits per heavy atom. The predicted molar refractivity (Wildman–Crippen MR) is 126 cm³/mol. The minimum Gasteiger partial charge on any atom is -0.468 e. The van der Waals surface area contributed by atoms with Gasteiger partial charge in [-0.3, -0.25) is 4.79 Å². The molecule has 2 heterocycles. The van der Waals surface area contributed by atoms with Crippen molar-refractivity contribution in [2.75, 3.05) is 32.8 Å². The van der Waals surface area contributed by atoms with Crippen LogP contribution in [-0.4, -0.2) is 103 Å². The highest BCUT2D eigenvalue weighted by molar-refractivity contribution is 5.77. The molecule has 1 saturated heterocycles. The molecule has 12 nitrogen and oxygen atoms in total. The molecule has 2 aliphatic heterocycles. The summed E-state index contributed by atoms with van der Waals surface area (Å²) in [5.41, 5.74) is 11.9. The van der Waals surface area contributed by atoms with Crippen molar-refractivity contribution in [2.45, 2.75) is 88.1 Å². The summed E-state index contributed by atoms with van der Waals surface area (Å²) in [6.45, 7) is 3.60. The predicted octanol–water partition coefficient (Wildman–Crippen LogP) is -1.97. The molecule has 3 rings (SSSR count). The summed E-state index contributed by atoms with van der Waals surface area (Å²) >= 11 is 0. The van der Waals surface area contributed by atoms with Gasteiger partial charge in [0.25, 0.3) is 0 Å². The molecule has 9 N–H and O–H groups in total. The first-order chi connectivity index (χ1) is 16.8. The normalized spacial score (nSPS) is 37.9. The van der Waals surface area contributed by atoms with Gasteiger partial charge in [-0.15, -0.1) is 0 Å². The van der Waals surface area contributed by atoms with Gasteiger partial charge in [0.15, 0.2) is 12.6 Å². The second-order valence-corrected chi connectivity index (χ2v) is 9.65. The number of hydrogen-bond donors (Lipinski definition) is 7. The Balaban J connectivity index is 1.65. The minimum absolute atomic E-state index is 0.172. The molecule has 1 aliphatic carbocycles. The van der Waals surface area contributed by atoms with E-state index < -0.39 is 61.6 Å². The molecule has 0 aromatic rings. The number of nitrogens with two attached hydrogens (primary N) is 2. The fourth-order valence-corrected chi connectivity index (χ4v) is 4.72. The first-order valence-electron chi connectivity index (χ1n) is 12.5. The van der Waals surface area contributed by atoms with Crippen molar-refractivity contribution in [3.8, 4) is 0 Å². The van der Waals surface area contributed by atoms with Crippen LogP contribution < -0.4 is 22.1 Å². The molecule has 0 unspecified atom stereocenters. The number of aliphatic hydroxyl groups is 3. The fraction of sp³-hybridized carbons (Fsp3) is 0.870. The SMILES string of the molecule is C[C@@H]1CO[C@H](O[C@@H]2[C@@H](O)[C@H](O[C@@H]3CCC=C(CNCCCN)O3)[C@@H](N)C[C@H]2NC(=O)CO)[C@H](O)C1. The fourth-order valence-electron chi connectivity index (χ4n) is 4.72. The van der Waals surface area contributed by atoms with Crippen molar-refractivity contribution in [3.05, 3.63) is 11.8 Å². The van der Waals surface area contributed by atoms with E-state index in [0.29, 0.717) is 32.5 Å². The van der Waals surface area contributed by atoms with Gasteiger partial charge in [-0.1, -0.05) is 6.92 Å². The Morgan fingerprint density at radius 3 is 2.77 bits per heavy atom. The molecule has 0 aromatic heterocycles. The number of nitrogens with one attached hydrogen (secondary N) is 2. The summed E-state index contributed by atoms with van der Waals surface area (Å²) in [5.74, 6) is 0.311. The van der Waals surface area contributed by atoms with Crippen LogP contribution in [0.4, 0.5) is 0 Å². The number of carbonyl (C=O) groups excluding carboxylic acids is 1. The number of rotatable bonds is 11. The second kappa shape index (κ2) is 13.8. The van der Waals surface area contributed by atoms with Gasteiger partial charge in [-0.25, -0.2) is 0 Å². The lowest BCUT2D eigenvalue weighted by Crippen LogP contribution is -2.66. The zero-order valence-corrected chi connectivity index (χ0v) is 20.4. The van der Waals surface area contributed by atoms with Crippen LogP contribution in [0.1, 0.15) is 39.0 Å². The van der Waals surface area contributed by atoms with Crippen LogP contribution in [0.3, 0.4) is 0 Å². The van der Waals surface area contributed by atoms with Crippen LogP contribution in [0, 0.1) is 5.92 Å². The van der Waals surface area contributed by atoms with Crippen molar-refractivity contribution < 1.29 is 39.1 Å². The van der Waals surface area contributed by atoms with Gasteiger partial charge in [-0.2, -0.15) is 0 Å². The molecule has 2 fully saturated rings. The third kappa shape index (κ3) is 8.07. The van der Waals surface area contributed by atoms with E-state index in [9.17, 15) is 20.1 Å². The lowest BCUT2D eigenvalue weighted by atomic mass is 9.83. The monoisotopic (exact) mass is 502 g/mol. The Kier molecular flexibility index (Phi) is 11.1. The largest absolute Gasteiger partial charge is 0.468 e. The Bertz CT molecular complexity index is 698. The number of carbonyl (C=O) groups is 1. The maximum absolute atomic E-state index is 11.9. The van der Waals surface area contributed by atoms with Crippen LogP contribution in [-0.2, 0) is 23.7 Å². The van der Waals surface area contributed by atoms with Crippen molar-refractivity contribution in [2.24, 2.45) is 17.4 Å². The number of aliphatic hydroxyl groups excluding tert-OH is 3. The third-order valence-electron chi connectivity index (χ3n) is 6.53. The lowest BCUT2D eigenvalue weighted by molar-refractivity contribution is -0.282. The second-order valence-electron chi connectivity index (χ2n) is 9.65. The van der Waals surface area contributed by atoms with E-state index in [0.717, 1.165) is 25.1 Å². The van der Waals surface area contributed by atoms with E-state index in [-0.39, 0.29) is 12.3 Å². The highest BCUT2D eigenvalue weighted by Gasteiger charge is 2.48. The summed E-state index contributed by atoms with van der Waals surface area (Å²) in [6, 6.07) is -1.34. The summed E-state index contributed by atoms with van der Waals surface area (Å²) in [7, 11) is 0. The Hall–Kier alpha value is -1.35. The number of ether oxygens (including phenoxy) is 4. The average Bonchev–Trinajstić information content (AvgIpc) is 2.83. The lowest BCUT2D eigenvalue weighted by Gasteiger charge is -2.46. The summed E-state index contributed by atoms with van der Waals surface area (Å²) in [6.07, 6.45) is -0.546. The molecular formula is C23H42N4O8. The van der Waals surface area contributed by atoms with Crippen LogP contribution in [0.5, 0.6) is 0 Å². The van der Waals surface area contributed by atoms with Crippen molar-refractivity contribution in [1.82, 2.24) is 10.6 Å². The molecule has 1 saturated carbocycles. The molecule has 3 aliphatic rings. The van der Waals surface area contributed by atoms with E-state index in [1.165, 1.54) is 0 Å². The van der Waals surface area contributed by atoms with Crippen LogP contribution in [0.2, 0.25) is 0 Å².